The zero-order chi connectivity index (χ0) is 89.1. The average molecular weight is 1650 g/mol. The van der Waals surface area contributed by atoms with Crippen LogP contribution in [0.2, 0.25) is 0 Å². The molecule has 0 saturated carbocycles. The molecule has 0 saturated heterocycles. The summed E-state index contributed by atoms with van der Waals surface area (Å²) in [6, 6.07) is 0. The van der Waals surface area contributed by atoms with Crippen LogP contribution in [0.15, 0.2) is 48.6 Å². The summed E-state index contributed by atoms with van der Waals surface area (Å²) in [5, 5.41) is 0. The van der Waals surface area contributed by atoms with Gasteiger partial charge in [-0.2, -0.15) is 0 Å². The standard InChI is InChI=1S/C21H40O.C21H36O.C19H38O.2C15H30O.C11H22O.C8H16O/c2*1-4-5-6-7-8-9-10-11-12-13-14-15-16-17-18-19-21(22)20(2)3;1-4-5-6-7-8-9-10-11-12-13-14-15-16-17-19(20)18(2)3;2*1-4-5-6-7-8-9-10-11-12-13-15(16)14(2)3;1-4-5-6-7-8-9-11(12)10(2)3;1-7(2)5-4-6-8(3)9/h11-12,20H,4-10,13-19H2,1-3H3;8-9,11-12,14-15,20H,4-7,10,13,16-19H2,1-3H3;18H,4-17H2,1-3H3;2*14H,4-13H2,1-3H3;10H,4-9H2,1-3H3;7H,4-6H2,1-3H3/b12-11-;9-8-,12-11-,15-14-;;;;;. The van der Waals surface area contributed by atoms with Crippen molar-refractivity contribution in [2.45, 2.75) is 576 Å². The fraction of sp³-hybridized carbons (Fsp3) is 0.864. The Kier molecular flexibility index (Phi) is 118. The maximum Gasteiger partial charge on any atom is 0.135 e. The Balaban J connectivity index is -0.000000245. The van der Waals surface area contributed by atoms with Gasteiger partial charge in [0.15, 0.2) is 0 Å². The Bertz CT molecular complexity index is 2110. The molecule has 0 aromatic carbocycles. The van der Waals surface area contributed by atoms with E-state index < -0.39 is 0 Å². The first-order valence-electron chi connectivity index (χ1n) is 51.5. The Morgan fingerprint density at radius 1 is 0.179 bits per heavy atom. The quantitative estimate of drug-likeness (QED) is 0.0439. The van der Waals surface area contributed by atoms with Crippen LogP contribution in [0.1, 0.15) is 576 Å². The number of carbonyl (C=O) groups is 7. The molecule has 0 aliphatic rings. The van der Waals surface area contributed by atoms with Gasteiger partial charge >= 0.3 is 0 Å². The summed E-state index contributed by atoms with van der Waals surface area (Å²) in [5.74, 6) is 4.95. The van der Waals surface area contributed by atoms with Crippen molar-refractivity contribution in [1.29, 1.82) is 0 Å². The fourth-order valence-corrected chi connectivity index (χ4v) is 13.2. The lowest BCUT2D eigenvalue weighted by atomic mass is 10.0. The third-order valence-electron chi connectivity index (χ3n) is 22.0. The predicted octanol–water partition coefficient (Wildman–Crippen LogP) is 37.0. The van der Waals surface area contributed by atoms with Gasteiger partial charge in [-0.1, -0.05) is 463 Å². The van der Waals surface area contributed by atoms with Gasteiger partial charge < -0.3 is 4.79 Å². The Morgan fingerprint density at radius 2 is 0.325 bits per heavy atom. The number of Topliss-reactive ketones (excluding diaryl/α,β-unsaturated/α-hetero) is 7. The van der Waals surface area contributed by atoms with E-state index in [1.165, 1.54) is 315 Å². The molecule has 0 fully saturated rings. The highest BCUT2D eigenvalue weighted by atomic mass is 16.1. The molecular formula is C110H212O7. The van der Waals surface area contributed by atoms with Gasteiger partial charge in [-0.15, -0.1) is 0 Å². The van der Waals surface area contributed by atoms with Gasteiger partial charge in [-0.3, -0.25) is 28.8 Å². The van der Waals surface area contributed by atoms with Gasteiger partial charge in [0, 0.05) is 80.5 Å². The third-order valence-corrected chi connectivity index (χ3v) is 22.0. The first-order chi connectivity index (χ1) is 56.2. The molecule has 0 heterocycles. The molecule has 0 amide bonds. The fourth-order valence-electron chi connectivity index (χ4n) is 13.2. The van der Waals surface area contributed by atoms with Crippen molar-refractivity contribution in [3.8, 4) is 0 Å². The molecule has 694 valence electrons. The molecule has 0 N–H and O–H groups in total. The van der Waals surface area contributed by atoms with Crippen LogP contribution in [0, 0.1) is 41.4 Å². The van der Waals surface area contributed by atoms with E-state index in [2.05, 4.69) is 104 Å². The summed E-state index contributed by atoms with van der Waals surface area (Å²) in [6.45, 7) is 43.4. The molecule has 0 aromatic rings. The number of hydrogen-bond donors (Lipinski definition) is 0. The molecule has 0 spiro atoms. The summed E-state index contributed by atoms with van der Waals surface area (Å²) in [7, 11) is 0. The summed E-state index contributed by atoms with van der Waals surface area (Å²) in [4.78, 5) is 78.7. The Labute approximate surface area is 735 Å². The summed E-state index contributed by atoms with van der Waals surface area (Å²) < 4.78 is 0. The van der Waals surface area contributed by atoms with E-state index >= 15 is 0 Å². The molecule has 117 heavy (non-hydrogen) atoms. The number of hydrogen-bond acceptors (Lipinski definition) is 7. The minimum atomic E-state index is 0.196. The largest absolute Gasteiger partial charge is 0.300 e. The van der Waals surface area contributed by atoms with Gasteiger partial charge in [0.2, 0.25) is 0 Å². The van der Waals surface area contributed by atoms with Crippen LogP contribution in [0.3, 0.4) is 0 Å². The minimum absolute atomic E-state index is 0.196. The van der Waals surface area contributed by atoms with Crippen LogP contribution >= 0.6 is 0 Å². The maximum absolute atomic E-state index is 11.5. The molecular weight excluding hydrogens is 1430 g/mol. The number of ketones is 7. The van der Waals surface area contributed by atoms with Gasteiger partial charge in [0.05, 0.1) is 0 Å². The third kappa shape index (κ3) is 126. The molecule has 0 rings (SSSR count). The van der Waals surface area contributed by atoms with Crippen molar-refractivity contribution in [3.63, 3.8) is 0 Å². The van der Waals surface area contributed by atoms with E-state index in [-0.39, 0.29) is 35.5 Å². The van der Waals surface area contributed by atoms with Crippen LogP contribution in [-0.4, -0.2) is 40.5 Å². The van der Waals surface area contributed by atoms with E-state index in [0.717, 1.165) is 121 Å². The molecule has 0 unspecified atom stereocenters. The lowest BCUT2D eigenvalue weighted by molar-refractivity contribution is -0.122. The van der Waals surface area contributed by atoms with Crippen molar-refractivity contribution in [1.82, 2.24) is 0 Å². The lowest BCUT2D eigenvalue weighted by Gasteiger charge is -2.04. The van der Waals surface area contributed by atoms with Crippen LogP contribution in [0.5, 0.6) is 0 Å². The molecule has 0 atom stereocenters. The van der Waals surface area contributed by atoms with Crippen LogP contribution < -0.4 is 0 Å². The molecule has 0 bridgehead atoms. The first kappa shape index (κ1) is 127. The topological polar surface area (TPSA) is 119 Å². The van der Waals surface area contributed by atoms with Crippen LogP contribution in [0.25, 0.3) is 0 Å². The van der Waals surface area contributed by atoms with E-state index in [4.69, 9.17) is 0 Å². The van der Waals surface area contributed by atoms with E-state index in [1.54, 1.807) is 6.92 Å². The number of allylic oxidation sites excluding steroid dienone is 8. The van der Waals surface area contributed by atoms with Crippen LogP contribution in [-0.2, 0) is 33.6 Å². The molecule has 7 nitrogen and oxygen atoms in total. The molecule has 0 aliphatic heterocycles. The average Bonchev–Trinajstić information content (AvgIpc) is 1.07. The summed E-state index contributed by atoms with van der Waals surface area (Å²) in [5.41, 5.74) is 0. The predicted molar refractivity (Wildman–Crippen MR) is 525 cm³/mol. The zero-order valence-corrected chi connectivity index (χ0v) is 83.4. The van der Waals surface area contributed by atoms with E-state index in [9.17, 15) is 33.6 Å². The second-order valence-corrected chi connectivity index (χ2v) is 37.0. The Hall–Kier alpha value is -3.35. The van der Waals surface area contributed by atoms with Crippen molar-refractivity contribution >= 4 is 40.5 Å². The van der Waals surface area contributed by atoms with Crippen molar-refractivity contribution in [2.24, 2.45) is 41.4 Å². The highest BCUT2D eigenvalue weighted by molar-refractivity contribution is 5.82. The van der Waals surface area contributed by atoms with Gasteiger partial charge in [-0.25, -0.2) is 0 Å². The number of rotatable bonds is 78. The molecule has 0 radical (unpaired) electrons. The maximum atomic E-state index is 11.5. The van der Waals surface area contributed by atoms with Gasteiger partial charge in [-0.05, 0) is 122 Å². The second-order valence-electron chi connectivity index (χ2n) is 37.0. The summed E-state index contributed by atoms with van der Waals surface area (Å²) >= 11 is 0. The smallest absolute Gasteiger partial charge is 0.135 e. The monoisotopic (exact) mass is 1650 g/mol. The normalized spacial score (nSPS) is 11.3. The van der Waals surface area contributed by atoms with Gasteiger partial charge in [0.25, 0.3) is 0 Å². The summed E-state index contributed by atoms with van der Waals surface area (Å²) in [6.07, 6.45) is 101. The minimum Gasteiger partial charge on any atom is -0.300 e. The van der Waals surface area contributed by atoms with Crippen molar-refractivity contribution < 1.29 is 33.6 Å². The van der Waals surface area contributed by atoms with E-state index in [1.807, 2.05) is 83.1 Å². The number of carbonyl (C=O) groups excluding carboxylic acids is 7. The van der Waals surface area contributed by atoms with E-state index in [0.29, 0.717) is 40.5 Å². The van der Waals surface area contributed by atoms with Gasteiger partial charge in [0.1, 0.15) is 40.5 Å². The highest BCUT2D eigenvalue weighted by Crippen LogP contribution is 2.19. The first-order valence-corrected chi connectivity index (χ1v) is 51.5. The molecule has 0 aromatic heterocycles. The zero-order valence-electron chi connectivity index (χ0n) is 83.4. The molecule has 0 aliphatic carbocycles. The highest BCUT2D eigenvalue weighted by Gasteiger charge is 2.11. The second kappa shape index (κ2) is 109. The van der Waals surface area contributed by atoms with Crippen LogP contribution in [0.4, 0.5) is 0 Å². The molecule has 7 heteroatoms. The lowest BCUT2D eigenvalue weighted by Crippen LogP contribution is -2.05. The van der Waals surface area contributed by atoms with Crippen molar-refractivity contribution in [2.75, 3.05) is 0 Å². The Morgan fingerprint density at radius 3 is 0.513 bits per heavy atom. The van der Waals surface area contributed by atoms with Crippen molar-refractivity contribution in [3.05, 3.63) is 48.6 Å². The SMILES string of the molecule is CC(=O)CCCC(C)C.CCCCC/C=C\C/C=C\C/C=C\CCCCC(=O)C(C)C.CCCCCCCC(=O)C(C)C.CCCCCCCC/C=C\CCCCCCCC(=O)C(C)C.CCCCCCCCCCCC(=O)C(C)C.CCCCCCCCCCCC(=O)C(C)C.CCCCCCCCCCCCCCCC(=O)C(C)C. The number of unbranched alkanes of at least 4 members (excludes halogenated alkanes) is 48.